The first kappa shape index (κ1) is 24.1. The van der Waals surface area contributed by atoms with E-state index in [1.807, 2.05) is 131 Å². The van der Waals surface area contributed by atoms with E-state index in [0.29, 0.717) is 32.6 Å². The molecular weight excluding hydrogens is 460 g/mol. The highest BCUT2D eigenvalue weighted by Gasteiger charge is 2.30. The maximum absolute atomic E-state index is 13.8. The fourth-order valence-electron chi connectivity index (χ4n) is 4.63. The number of amides is 4. The van der Waals surface area contributed by atoms with E-state index in [1.54, 1.807) is 9.80 Å². The van der Waals surface area contributed by atoms with Gasteiger partial charge in [0.05, 0.1) is 22.7 Å². The predicted molar refractivity (Wildman–Crippen MR) is 149 cm³/mol. The number of benzene rings is 4. The lowest BCUT2D eigenvalue weighted by Crippen LogP contribution is -2.45. The molecule has 1 fully saturated rings. The SMILES string of the molecule is O=C(N1CCCN(C(=O)N(c2ccccc2)c2ccccc2)CC1)N(c1ccccc1)c1ccccc1. The number of anilines is 4. The molecule has 6 nitrogen and oxygen atoms in total. The van der Waals surface area contributed by atoms with Crippen LogP contribution in [-0.4, -0.2) is 48.0 Å². The van der Waals surface area contributed by atoms with Crippen molar-refractivity contribution in [2.45, 2.75) is 6.42 Å². The van der Waals surface area contributed by atoms with Crippen molar-refractivity contribution in [3.63, 3.8) is 0 Å². The zero-order valence-electron chi connectivity index (χ0n) is 20.7. The van der Waals surface area contributed by atoms with Gasteiger partial charge in [-0.05, 0) is 55.0 Å². The molecule has 4 amide bonds. The fraction of sp³-hybridized carbons (Fsp3) is 0.161. The molecule has 0 radical (unpaired) electrons. The van der Waals surface area contributed by atoms with E-state index in [2.05, 4.69) is 0 Å². The quantitative estimate of drug-likeness (QED) is 0.312. The monoisotopic (exact) mass is 490 g/mol. The lowest BCUT2D eigenvalue weighted by Gasteiger charge is -2.31. The van der Waals surface area contributed by atoms with E-state index < -0.39 is 0 Å². The van der Waals surface area contributed by atoms with E-state index in [4.69, 9.17) is 0 Å². The summed E-state index contributed by atoms with van der Waals surface area (Å²) in [5.74, 6) is 0. The summed E-state index contributed by atoms with van der Waals surface area (Å²) in [6.07, 6.45) is 0.701. The molecule has 37 heavy (non-hydrogen) atoms. The molecule has 0 N–H and O–H groups in total. The molecule has 0 saturated carbocycles. The minimum Gasteiger partial charge on any atom is -0.322 e. The number of hydrogen-bond acceptors (Lipinski definition) is 2. The van der Waals surface area contributed by atoms with Gasteiger partial charge < -0.3 is 9.80 Å². The summed E-state index contributed by atoms with van der Waals surface area (Å²) in [5.41, 5.74) is 3.26. The maximum atomic E-state index is 13.8. The van der Waals surface area contributed by atoms with E-state index >= 15 is 0 Å². The van der Waals surface area contributed by atoms with Gasteiger partial charge in [0.2, 0.25) is 0 Å². The summed E-state index contributed by atoms with van der Waals surface area (Å²) >= 11 is 0. The fourth-order valence-corrected chi connectivity index (χ4v) is 4.63. The largest absolute Gasteiger partial charge is 0.329 e. The van der Waals surface area contributed by atoms with Crippen LogP contribution in [0.2, 0.25) is 0 Å². The van der Waals surface area contributed by atoms with Gasteiger partial charge in [-0.2, -0.15) is 0 Å². The Morgan fingerprint density at radius 3 is 0.973 bits per heavy atom. The Kier molecular flexibility index (Phi) is 7.46. The highest BCUT2D eigenvalue weighted by molar-refractivity contribution is 6.00. The van der Waals surface area contributed by atoms with Crippen molar-refractivity contribution in [2.24, 2.45) is 0 Å². The van der Waals surface area contributed by atoms with Crippen LogP contribution in [0.15, 0.2) is 121 Å². The lowest BCUT2D eigenvalue weighted by molar-refractivity contribution is 0.201. The number of urea groups is 2. The van der Waals surface area contributed by atoms with Crippen LogP contribution < -0.4 is 9.80 Å². The van der Waals surface area contributed by atoms with E-state index in [1.165, 1.54) is 0 Å². The van der Waals surface area contributed by atoms with Gasteiger partial charge in [0.25, 0.3) is 0 Å². The van der Waals surface area contributed by atoms with Crippen molar-refractivity contribution in [1.29, 1.82) is 0 Å². The normalized spacial score (nSPS) is 13.5. The Labute approximate surface area is 218 Å². The highest BCUT2D eigenvalue weighted by atomic mass is 16.2. The lowest BCUT2D eigenvalue weighted by atomic mass is 10.2. The van der Waals surface area contributed by atoms with Crippen molar-refractivity contribution in [3.8, 4) is 0 Å². The Morgan fingerprint density at radius 1 is 0.432 bits per heavy atom. The molecule has 186 valence electrons. The zero-order valence-corrected chi connectivity index (χ0v) is 20.7. The summed E-state index contributed by atoms with van der Waals surface area (Å²) in [7, 11) is 0. The topological polar surface area (TPSA) is 47.1 Å². The first-order chi connectivity index (χ1) is 18.2. The highest BCUT2D eigenvalue weighted by Crippen LogP contribution is 2.29. The van der Waals surface area contributed by atoms with Gasteiger partial charge >= 0.3 is 12.1 Å². The number of carbonyl (C=O) groups is 2. The minimum absolute atomic E-state index is 0.0883. The summed E-state index contributed by atoms with van der Waals surface area (Å²) in [6, 6.07) is 38.6. The standard InChI is InChI=1S/C31H30N4O2/c36-30(34(26-14-5-1-6-15-26)27-16-7-2-8-17-27)32-22-13-23-33(25-24-32)31(37)35(28-18-9-3-10-19-28)29-20-11-4-12-21-29/h1-12,14-21H,13,22-25H2. The van der Waals surface area contributed by atoms with Gasteiger partial charge in [0.15, 0.2) is 0 Å². The van der Waals surface area contributed by atoms with Crippen LogP contribution in [0.5, 0.6) is 0 Å². The van der Waals surface area contributed by atoms with E-state index in [9.17, 15) is 9.59 Å². The molecule has 0 bridgehead atoms. The Hall–Kier alpha value is -4.58. The van der Waals surface area contributed by atoms with Gasteiger partial charge in [0.1, 0.15) is 0 Å². The first-order valence-electron chi connectivity index (χ1n) is 12.6. The minimum atomic E-state index is -0.0883. The number of para-hydroxylation sites is 4. The second-order valence-corrected chi connectivity index (χ2v) is 8.91. The molecule has 0 atom stereocenters. The third kappa shape index (κ3) is 5.48. The number of hydrogen-bond donors (Lipinski definition) is 0. The van der Waals surface area contributed by atoms with E-state index in [-0.39, 0.29) is 12.1 Å². The molecule has 4 aromatic carbocycles. The van der Waals surface area contributed by atoms with E-state index in [0.717, 1.165) is 22.7 Å². The van der Waals surface area contributed by atoms with Crippen LogP contribution in [0.3, 0.4) is 0 Å². The van der Waals surface area contributed by atoms with Crippen LogP contribution >= 0.6 is 0 Å². The third-order valence-electron chi connectivity index (χ3n) is 6.48. The number of rotatable bonds is 4. The van der Waals surface area contributed by atoms with Gasteiger partial charge in [0, 0.05) is 26.2 Å². The summed E-state index contributed by atoms with van der Waals surface area (Å²) < 4.78 is 0. The first-order valence-corrected chi connectivity index (χ1v) is 12.6. The zero-order chi connectivity index (χ0) is 25.5. The Balaban J connectivity index is 1.36. The van der Waals surface area contributed by atoms with Crippen LogP contribution in [0.4, 0.5) is 32.3 Å². The molecule has 5 rings (SSSR count). The van der Waals surface area contributed by atoms with Crippen molar-refractivity contribution in [1.82, 2.24) is 9.80 Å². The summed E-state index contributed by atoms with van der Waals surface area (Å²) in [6.45, 7) is 2.07. The third-order valence-corrected chi connectivity index (χ3v) is 6.48. The van der Waals surface area contributed by atoms with Crippen LogP contribution in [0.1, 0.15) is 6.42 Å². The molecule has 0 spiro atoms. The van der Waals surface area contributed by atoms with Gasteiger partial charge in [-0.15, -0.1) is 0 Å². The van der Waals surface area contributed by atoms with Gasteiger partial charge in [-0.1, -0.05) is 72.8 Å². The molecule has 6 heteroatoms. The second-order valence-electron chi connectivity index (χ2n) is 8.91. The molecule has 1 aliphatic heterocycles. The summed E-state index contributed by atoms with van der Waals surface area (Å²) in [4.78, 5) is 34.9. The molecule has 1 saturated heterocycles. The average Bonchev–Trinajstić information content (AvgIpc) is 3.22. The molecular formula is C31H30N4O2. The molecule has 4 aromatic rings. The molecule has 0 aromatic heterocycles. The second kappa shape index (κ2) is 11.4. The molecule has 0 unspecified atom stereocenters. The number of carbonyl (C=O) groups excluding carboxylic acids is 2. The Bertz CT molecular complexity index is 1120. The molecule has 1 heterocycles. The Morgan fingerprint density at radius 2 is 0.703 bits per heavy atom. The van der Waals surface area contributed by atoms with Gasteiger partial charge in [-0.25, -0.2) is 9.59 Å². The average molecular weight is 491 g/mol. The molecule has 1 aliphatic rings. The maximum Gasteiger partial charge on any atom is 0.329 e. The summed E-state index contributed by atoms with van der Waals surface area (Å²) in [5, 5.41) is 0. The van der Waals surface area contributed by atoms with Crippen LogP contribution in [0, 0.1) is 0 Å². The van der Waals surface area contributed by atoms with Crippen molar-refractivity contribution >= 4 is 34.8 Å². The predicted octanol–water partition coefficient (Wildman–Crippen LogP) is 6.91. The van der Waals surface area contributed by atoms with Crippen molar-refractivity contribution < 1.29 is 9.59 Å². The van der Waals surface area contributed by atoms with Crippen molar-refractivity contribution in [3.05, 3.63) is 121 Å². The van der Waals surface area contributed by atoms with Crippen molar-refractivity contribution in [2.75, 3.05) is 36.0 Å². The number of nitrogens with zero attached hydrogens (tertiary/aromatic N) is 4. The smallest absolute Gasteiger partial charge is 0.322 e. The van der Waals surface area contributed by atoms with Crippen LogP contribution in [0.25, 0.3) is 0 Å². The van der Waals surface area contributed by atoms with Gasteiger partial charge in [-0.3, -0.25) is 9.80 Å². The van der Waals surface area contributed by atoms with Crippen LogP contribution in [-0.2, 0) is 0 Å². The molecule has 0 aliphatic carbocycles.